The molecular weight excluding hydrogens is 647 g/mol. The monoisotopic (exact) mass is 690 g/mol. The molecule has 3 heterocycles. The number of nitrogens with zero attached hydrogens (tertiary/aromatic N) is 4. The molecule has 0 saturated carbocycles. The van der Waals surface area contributed by atoms with E-state index in [2.05, 4.69) is 47.8 Å². The van der Waals surface area contributed by atoms with Crippen LogP contribution in [-0.2, 0) is 29.0 Å². The van der Waals surface area contributed by atoms with E-state index in [9.17, 15) is 0 Å². The summed E-state index contributed by atoms with van der Waals surface area (Å²) in [5.41, 5.74) is 0. The first-order valence-electron chi connectivity index (χ1n) is 10.5. The quantitative estimate of drug-likeness (QED) is 0.188. The molecule has 3 aliphatic heterocycles. The first kappa shape index (κ1) is 35.4. The van der Waals surface area contributed by atoms with Crippen LogP contribution in [0.25, 0.3) is 0 Å². The Kier molecular flexibility index (Phi) is 29.9. The van der Waals surface area contributed by atoms with Gasteiger partial charge in [0.25, 0.3) is 0 Å². The van der Waals surface area contributed by atoms with Crippen molar-refractivity contribution in [2.75, 3.05) is 107 Å². The zero-order valence-electron chi connectivity index (χ0n) is 19.4. The van der Waals surface area contributed by atoms with Crippen molar-refractivity contribution in [3.05, 3.63) is 0 Å². The smallest absolute Gasteiger partial charge is 1.00 e. The molecule has 3 fully saturated rings. The van der Waals surface area contributed by atoms with E-state index in [4.69, 9.17) is 9.47 Å². The van der Waals surface area contributed by atoms with Gasteiger partial charge in [-0.3, -0.25) is 0 Å². The summed E-state index contributed by atoms with van der Waals surface area (Å²) in [5, 5.41) is 0. The zero-order valence-corrected chi connectivity index (χ0v) is 26.7. The van der Waals surface area contributed by atoms with Crippen LogP contribution in [0.1, 0.15) is 25.7 Å². The minimum atomic E-state index is 0. The van der Waals surface area contributed by atoms with Crippen LogP contribution in [0, 0.1) is 0 Å². The molecule has 29 heavy (non-hydrogen) atoms. The van der Waals surface area contributed by atoms with Crippen LogP contribution in [0.4, 0.5) is 0 Å². The summed E-state index contributed by atoms with van der Waals surface area (Å²) in [6.07, 6.45) is 5.11. The molecule has 0 amide bonds. The molecule has 0 aromatic carbocycles. The van der Waals surface area contributed by atoms with Crippen LogP contribution >= 0.6 is 0 Å². The number of hydrogen-bond donors (Lipinski definition) is 0. The third-order valence-corrected chi connectivity index (χ3v) is 5.11. The molecule has 0 atom stereocenters. The Morgan fingerprint density at radius 1 is 0.414 bits per heavy atom. The van der Waals surface area contributed by atoms with Crippen LogP contribution in [0.5, 0.6) is 0 Å². The molecule has 9 heteroatoms. The standard InChI is InChI=1S/C12H28N4.2C4H8O.2HI.Zn/c1-13-5-7-14(2)9-11-16(4)12-10-15(3)8-6-13;2*1-2-4-5-3-1;;;/h5-12H2,1-4H3;2*1-4H2;2*1H;/q;;;;;+2/p-2. The Morgan fingerprint density at radius 3 is 0.690 bits per heavy atom. The van der Waals surface area contributed by atoms with Crippen molar-refractivity contribution < 1.29 is 76.9 Å². The van der Waals surface area contributed by atoms with Gasteiger partial charge in [0.05, 0.1) is 0 Å². The second kappa shape index (κ2) is 24.5. The van der Waals surface area contributed by atoms with Crippen LogP contribution in [0.3, 0.4) is 0 Å². The summed E-state index contributed by atoms with van der Waals surface area (Å²) in [4.78, 5) is 9.72. The molecule has 172 valence electrons. The summed E-state index contributed by atoms with van der Waals surface area (Å²) in [6.45, 7) is 13.4. The summed E-state index contributed by atoms with van der Waals surface area (Å²) in [6, 6.07) is 0. The largest absolute Gasteiger partial charge is 2.00 e. The third-order valence-electron chi connectivity index (χ3n) is 5.11. The average Bonchev–Trinajstić information content (AvgIpc) is 3.38. The van der Waals surface area contributed by atoms with Crippen LogP contribution in [-0.4, -0.2) is 127 Å². The molecule has 0 bridgehead atoms. The zero-order chi connectivity index (χ0) is 19.0. The Labute approximate surface area is 227 Å². The van der Waals surface area contributed by atoms with Crippen molar-refractivity contribution in [1.82, 2.24) is 19.6 Å². The fourth-order valence-corrected chi connectivity index (χ4v) is 2.83. The Balaban J connectivity index is -0.000000428. The van der Waals surface area contributed by atoms with E-state index in [1.54, 1.807) is 0 Å². The van der Waals surface area contributed by atoms with Crippen molar-refractivity contribution in [1.29, 1.82) is 0 Å². The predicted octanol–water partition coefficient (Wildman–Crippen LogP) is -4.67. The van der Waals surface area contributed by atoms with E-state index in [1.165, 1.54) is 78.0 Å². The molecule has 0 radical (unpaired) electrons. The van der Waals surface area contributed by atoms with Gasteiger partial charge in [-0.15, -0.1) is 0 Å². The normalized spacial score (nSPS) is 22.8. The van der Waals surface area contributed by atoms with E-state index >= 15 is 0 Å². The van der Waals surface area contributed by atoms with Crippen molar-refractivity contribution in [3.8, 4) is 0 Å². The molecule has 3 saturated heterocycles. The number of ether oxygens (including phenoxy) is 2. The summed E-state index contributed by atoms with van der Waals surface area (Å²) in [7, 11) is 8.89. The molecule has 6 nitrogen and oxygen atoms in total. The SMILES string of the molecule is C1CCOC1.C1CCOC1.CN1CCN(C)CCN(C)CCN(C)CC1.[I-].[I-].[Zn+2]. The van der Waals surface area contributed by atoms with Gasteiger partial charge in [-0.05, 0) is 53.9 Å². The Bertz CT molecular complexity index is 248. The van der Waals surface area contributed by atoms with Crippen LogP contribution < -0.4 is 48.0 Å². The van der Waals surface area contributed by atoms with Gasteiger partial charge in [-0.25, -0.2) is 0 Å². The molecule has 0 spiro atoms. The fraction of sp³-hybridized carbons (Fsp3) is 1.00. The molecule has 0 aliphatic carbocycles. The molecule has 3 aliphatic rings. The average molecular weight is 692 g/mol. The second-order valence-electron chi connectivity index (χ2n) is 7.85. The van der Waals surface area contributed by atoms with Gasteiger partial charge in [0.2, 0.25) is 0 Å². The maximum atomic E-state index is 4.94. The van der Waals surface area contributed by atoms with E-state index in [-0.39, 0.29) is 67.4 Å². The molecule has 3 rings (SSSR count). The van der Waals surface area contributed by atoms with Gasteiger partial charge in [0.15, 0.2) is 0 Å². The van der Waals surface area contributed by atoms with Crippen LogP contribution in [0.15, 0.2) is 0 Å². The Hall–Kier alpha value is 1.84. The fourth-order valence-electron chi connectivity index (χ4n) is 2.83. The van der Waals surface area contributed by atoms with Crippen molar-refractivity contribution >= 4 is 0 Å². The predicted molar refractivity (Wildman–Crippen MR) is 110 cm³/mol. The van der Waals surface area contributed by atoms with Gasteiger partial charge in [-0.1, -0.05) is 0 Å². The van der Waals surface area contributed by atoms with Crippen molar-refractivity contribution in [2.45, 2.75) is 25.7 Å². The van der Waals surface area contributed by atoms with Gasteiger partial charge >= 0.3 is 19.5 Å². The molecule has 0 unspecified atom stereocenters. The molecule has 0 N–H and O–H groups in total. The molecule has 0 aromatic rings. The first-order valence-corrected chi connectivity index (χ1v) is 10.5. The number of halogens is 2. The topological polar surface area (TPSA) is 31.4 Å². The van der Waals surface area contributed by atoms with E-state index in [1.807, 2.05) is 0 Å². The number of likely N-dealkylation sites (N-methyl/N-ethyl adjacent to an activating group) is 4. The van der Waals surface area contributed by atoms with E-state index < -0.39 is 0 Å². The number of hydrogen-bond acceptors (Lipinski definition) is 6. The van der Waals surface area contributed by atoms with E-state index in [0.29, 0.717) is 0 Å². The third kappa shape index (κ3) is 22.8. The van der Waals surface area contributed by atoms with Gasteiger partial charge in [0, 0.05) is 78.8 Å². The van der Waals surface area contributed by atoms with E-state index in [0.717, 1.165) is 26.4 Å². The summed E-state index contributed by atoms with van der Waals surface area (Å²) < 4.78 is 9.89. The van der Waals surface area contributed by atoms with Crippen molar-refractivity contribution in [3.63, 3.8) is 0 Å². The minimum absolute atomic E-state index is 0. The molecule has 0 aromatic heterocycles. The maximum Gasteiger partial charge on any atom is 2.00 e. The van der Waals surface area contributed by atoms with Gasteiger partial charge in [0.1, 0.15) is 0 Å². The van der Waals surface area contributed by atoms with Gasteiger partial charge in [-0.2, -0.15) is 0 Å². The van der Waals surface area contributed by atoms with Gasteiger partial charge < -0.3 is 77.0 Å². The number of rotatable bonds is 0. The summed E-state index contributed by atoms with van der Waals surface area (Å²) in [5.74, 6) is 0. The maximum absolute atomic E-state index is 4.94. The van der Waals surface area contributed by atoms with Crippen LogP contribution in [0.2, 0.25) is 0 Å². The minimum Gasteiger partial charge on any atom is -1.00 e. The Morgan fingerprint density at radius 2 is 0.586 bits per heavy atom. The second-order valence-corrected chi connectivity index (χ2v) is 7.85. The van der Waals surface area contributed by atoms with Crippen molar-refractivity contribution in [2.24, 2.45) is 0 Å². The molecular formula is C20H44I2N4O2Zn. The first-order chi connectivity index (χ1) is 12.6. The summed E-state index contributed by atoms with van der Waals surface area (Å²) >= 11 is 0.